The van der Waals surface area contributed by atoms with Crippen LogP contribution in [0, 0.1) is 0 Å². The van der Waals surface area contributed by atoms with Crippen molar-refractivity contribution < 1.29 is 8.42 Å². The highest BCUT2D eigenvalue weighted by Gasteiger charge is 2.18. The maximum atomic E-state index is 11.2. The van der Waals surface area contributed by atoms with Gasteiger partial charge < -0.3 is 5.32 Å². The van der Waals surface area contributed by atoms with Crippen molar-refractivity contribution in [3.05, 3.63) is 59.7 Å². The van der Waals surface area contributed by atoms with Crippen molar-refractivity contribution in [1.82, 2.24) is 0 Å². The molecule has 0 saturated carbocycles. The SMILES string of the molecule is NS(=O)(=O)c1ccc(NC2CCc3ccccc3C2)cc1. The molecule has 0 saturated heterocycles. The largest absolute Gasteiger partial charge is 0.382 e. The lowest BCUT2D eigenvalue weighted by atomic mass is 9.88. The molecule has 0 spiro atoms. The first kappa shape index (κ1) is 14.1. The van der Waals surface area contributed by atoms with Gasteiger partial charge in [0.2, 0.25) is 10.0 Å². The minimum absolute atomic E-state index is 0.141. The quantitative estimate of drug-likeness (QED) is 0.914. The molecule has 21 heavy (non-hydrogen) atoms. The second-order valence-corrected chi connectivity index (χ2v) is 6.98. The Kier molecular flexibility index (Phi) is 3.69. The number of sulfonamides is 1. The molecule has 1 aliphatic carbocycles. The maximum absolute atomic E-state index is 11.2. The Hall–Kier alpha value is -1.85. The highest BCUT2D eigenvalue weighted by atomic mass is 32.2. The van der Waals surface area contributed by atoms with Gasteiger partial charge in [-0.05, 0) is 54.7 Å². The molecular weight excluding hydrogens is 284 g/mol. The monoisotopic (exact) mass is 302 g/mol. The third-order valence-corrected chi connectivity index (χ3v) is 4.83. The molecule has 1 unspecified atom stereocenters. The van der Waals surface area contributed by atoms with E-state index in [1.807, 2.05) is 0 Å². The van der Waals surface area contributed by atoms with Gasteiger partial charge in [0.15, 0.2) is 0 Å². The number of nitrogens with two attached hydrogens (primary N) is 1. The van der Waals surface area contributed by atoms with Gasteiger partial charge in [0.1, 0.15) is 0 Å². The third kappa shape index (κ3) is 3.25. The van der Waals surface area contributed by atoms with Crippen molar-refractivity contribution in [1.29, 1.82) is 0 Å². The molecule has 3 rings (SSSR count). The van der Waals surface area contributed by atoms with Crippen LogP contribution >= 0.6 is 0 Å². The van der Waals surface area contributed by atoms with Crippen molar-refractivity contribution in [2.75, 3.05) is 5.32 Å². The van der Waals surface area contributed by atoms with E-state index < -0.39 is 10.0 Å². The van der Waals surface area contributed by atoms with Gasteiger partial charge in [-0.15, -0.1) is 0 Å². The number of hydrogen-bond acceptors (Lipinski definition) is 3. The van der Waals surface area contributed by atoms with E-state index in [0.29, 0.717) is 6.04 Å². The van der Waals surface area contributed by atoms with Crippen molar-refractivity contribution >= 4 is 15.7 Å². The summed E-state index contributed by atoms with van der Waals surface area (Å²) in [5.41, 5.74) is 3.74. The molecule has 3 N–H and O–H groups in total. The fourth-order valence-electron chi connectivity index (χ4n) is 2.80. The highest BCUT2D eigenvalue weighted by molar-refractivity contribution is 7.89. The van der Waals surface area contributed by atoms with Gasteiger partial charge in [0, 0.05) is 11.7 Å². The molecule has 2 aromatic carbocycles. The van der Waals surface area contributed by atoms with E-state index in [2.05, 4.69) is 29.6 Å². The number of nitrogens with one attached hydrogen (secondary N) is 1. The molecule has 1 aliphatic rings. The average molecular weight is 302 g/mol. The molecule has 0 fully saturated rings. The summed E-state index contributed by atoms with van der Waals surface area (Å²) in [5, 5.41) is 8.56. The second-order valence-electron chi connectivity index (χ2n) is 5.42. The zero-order chi connectivity index (χ0) is 14.9. The number of fused-ring (bicyclic) bond motifs is 1. The molecule has 1 atom stereocenters. The average Bonchev–Trinajstić information content (AvgIpc) is 2.47. The Morgan fingerprint density at radius 1 is 1.00 bits per heavy atom. The van der Waals surface area contributed by atoms with E-state index in [4.69, 9.17) is 5.14 Å². The van der Waals surface area contributed by atoms with Crippen molar-refractivity contribution in [3.63, 3.8) is 0 Å². The third-order valence-electron chi connectivity index (χ3n) is 3.90. The van der Waals surface area contributed by atoms with Crippen molar-refractivity contribution in [3.8, 4) is 0 Å². The minimum atomic E-state index is -3.62. The normalized spacial score (nSPS) is 18.0. The molecule has 2 aromatic rings. The van der Waals surface area contributed by atoms with Crippen LogP contribution in [0.5, 0.6) is 0 Å². The summed E-state index contributed by atoms with van der Waals surface area (Å²) in [7, 11) is -3.62. The van der Waals surface area contributed by atoms with Crippen LogP contribution in [0.1, 0.15) is 17.5 Å². The van der Waals surface area contributed by atoms with Gasteiger partial charge in [-0.25, -0.2) is 13.6 Å². The molecule has 0 bridgehead atoms. The number of aryl methyl sites for hydroxylation is 1. The molecule has 110 valence electrons. The summed E-state index contributed by atoms with van der Waals surface area (Å²) in [4.78, 5) is 0.141. The lowest BCUT2D eigenvalue weighted by molar-refractivity contribution is 0.597. The van der Waals surface area contributed by atoms with Gasteiger partial charge in [0.05, 0.1) is 4.90 Å². The molecule has 0 aliphatic heterocycles. The zero-order valence-corrected chi connectivity index (χ0v) is 12.4. The van der Waals surface area contributed by atoms with E-state index in [1.54, 1.807) is 12.1 Å². The van der Waals surface area contributed by atoms with Gasteiger partial charge in [0.25, 0.3) is 0 Å². The molecule has 0 amide bonds. The topological polar surface area (TPSA) is 72.2 Å². The molecule has 0 radical (unpaired) electrons. The van der Waals surface area contributed by atoms with Gasteiger partial charge in [-0.1, -0.05) is 24.3 Å². The van der Waals surface area contributed by atoms with Crippen LogP contribution < -0.4 is 10.5 Å². The van der Waals surface area contributed by atoms with Crippen LogP contribution in [-0.4, -0.2) is 14.5 Å². The van der Waals surface area contributed by atoms with Crippen molar-refractivity contribution in [2.24, 2.45) is 5.14 Å². The molecule has 0 aromatic heterocycles. The highest BCUT2D eigenvalue weighted by Crippen LogP contribution is 2.24. The van der Waals surface area contributed by atoms with Crippen LogP contribution in [0.25, 0.3) is 0 Å². The smallest absolute Gasteiger partial charge is 0.238 e. The zero-order valence-electron chi connectivity index (χ0n) is 11.6. The summed E-state index contributed by atoms with van der Waals surface area (Å²) in [6.45, 7) is 0. The number of rotatable bonds is 3. The first-order valence-corrected chi connectivity index (χ1v) is 8.53. The summed E-state index contributed by atoms with van der Waals surface area (Å²) < 4.78 is 22.5. The lowest BCUT2D eigenvalue weighted by Gasteiger charge is -2.26. The maximum Gasteiger partial charge on any atom is 0.238 e. The first-order valence-electron chi connectivity index (χ1n) is 6.98. The predicted molar refractivity (Wildman–Crippen MR) is 83.7 cm³/mol. The molecule has 5 heteroatoms. The summed E-state index contributed by atoms with van der Waals surface area (Å²) in [5.74, 6) is 0. The van der Waals surface area contributed by atoms with E-state index >= 15 is 0 Å². The minimum Gasteiger partial charge on any atom is -0.382 e. The van der Waals surface area contributed by atoms with E-state index in [-0.39, 0.29) is 4.90 Å². The summed E-state index contributed by atoms with van der Waals surface area (Å²) in [6.07, 6.45) is 3.14. The van der Waals surface area contributed by atoms with E-state index in [0.717, 1.165) is 24.9 Å². The Morgan fingerprint density at radius 2 is 1.67 bits per heavy atom. The second kappa shape index (κ2) is 5.50. The number of anilines is 1. The van der Waals surface area contributed by atoms with Crippen LogP contribution in [0.4, 0.5) is 5.69 Å². The molecule has 0 heterocycles. The van der Waals surface area contributed by atoms with Gasteiger partial charge >= 0.3 is 0 Å². The summed E-state index contributed by atoms with van der Waals surface area (Å²) >= 11 is 0. The fraction of sp³-hybridized carbons (Fsp3) is 0.250. The first-order chi connectivity index (χ1) is 10.0. The molecular formula is C16H18N2O2S. The molecule has 4 nitrogen and oxygen atoms in total. The summed E-state index contributed by atoms with van der Waals surface area (Å²) in [6, 6.07) is 15.5. The number of hydrogen-bond donors (Lipinski definition) is 2. The number of primary sulfonamides is 1. The Labute approximate surface area is 125 Å². The standard InChI is InChI=1S/C16H18N2O2S/c17-21(19,20)16-9-7-14(8-10-16)18-15-6-5-12-3-1-2-4-13(12)11-15/h1-4,7-10,15,18H,5-6,11H2,(H2,17,19,20). The Balaban J connectivity index is 1.71. The van der Waals surface area contributed by atoms with Crippen LogP contribution in [0.15, 0.2) is 53.4 Å². The number of benzene rings is 2. The van der Waals surface area contributed by atoms with E-state index in [1.165, 1.54) is 23.3 Å². The fourth-order valence-corrected chi connectivity index (χ4v) is 3.31. The lowest BCUT2D eigenvalue weighted by Crippen LogP contribution is -2.27. The van der Waals surface area contributed by atoms with Crippen LogP contribution in [0.2, 0.25) is 0 Å². The van der Waals surface area contributed by atoms with Crippen LogP contribution in [-0.2, 0) is 22.9 Å². The van der Waals surface area contributed by atoms with Gasteiger partial charge in [-0.2, -0.15) is 0 Å². The van der Waals surface area contributed by atoms with Crippen molar-refractivity contribution in [2.45, 2.75) is 30.2 Å². The van der Waals surface area contributed by atoms with Gasteiger partial charge in [-0.3, -0.25) is 0 Å². The van der Waals surface area contributed by atoms with E-state index in [9.17, 15) is 8.42 Å². The Bertz CT molecular complexity index is 739. The van der Waals surface area contributed by atoms with Crippen LogP contribution in [0.3, 0.4) is 0 Å². The predicted octanol–water partition coefficient (Wildman–Crippen LogP) is 2.30. The Morgan fingerprint density at radius 3 is 2.33 bits per heavy atom.